The first-order valence-electron chi connectivity index (χ1n) is 20.4. The average molecular weight is 782 g/mol. The molecule has 3 saturated heterocycles. The van der Waals surface area contributed by atoms with Gasteiger partial charge in [0, 0.05) is 76.1 Å². The molecule has 7 rings (SSSR count). The summed E-state index contributed by atoms with van der Waals surface area (Å²) in [6, 6.07) is 7.23. The third-order valence-corrected chi connectivity index (χ3v) is 11.7. The first kappa shape index (κ1) is 41.6. The van der Waals surface area contributed by atoms with E-state index in [0.29, 0.717) is 29.4 Å². The highest BCUT2D eigenvalue weighted by Gasteiger charge is 2.38. The lowest BCUT2D eigenvalue weighted by atomic mass is 9.71. The van der Waals surface area contributed by atoms with E-state index in [4.69, 9.17) is 11.5 Å². The minimum absolute atomic E-state index is 0.194. The van der Waals surface area contributed by atoms with Crippen LogP contribution in [0.25, 0.3) is 0 Å². The minimum atomic E-state index is 0.194. The number of nitrogens with two attached hydrogens (primary N) is 2. The molecule has 1 spiro atoms. The summed E-state index contributed by atoms with van der Waals surface area (Å²) in [4.78, 5) is 55.6. The van der Waals surface area contributed by atoms with Crippen LogP contribution in [0.3, 0.4) is 0 Å². The molecule has 0 radical (unpaired) electrons. The Morgan fingerprint density at radius 1 is 0.707 bits per heavy atom. The molecule has 4 N–H and O–H groups in total. The normalized spacial score (nSPS) is 16.3. The fourth-order valence-corrected chi connectivity index (χ4v) is 7.95. The Morgan fingerprint density at radius 2 is 1.24 bits per heavy atom. The minimum Gasteiger partial charge on any atom is -0.384 e. The number of hydrogen-bond donors (Lipinski definition) is 2. The second-order valence-electron chi connectivity index (χ2n) is 15.6. The Kier molecular flexibility index (Phi) is 13.9. The quantitative estimate of drug-likeness (QED) is 0.239. The van der Waals surface area contributed by atoms with Crippen LogP contribution in [0.2, 0.25) is 0 Å². The smallest absolute Gasteiger partial charge is 0.219 e. The van der Waals surface area contributed by atoms with Gasteiger partial charge >= 0.3 is 0 Å². The number of pyridine rings is 2. The summed E-state index contributed by atoms with van der Waals surface area (Å²) < 4.78 is 0. The molecule has 4 aromatic rings. The molecule has 0 aromatic carbocycles. The van der Waals surface area contributed by atoms with Crippen LogP contribution in [-0.2, 0) is 16.0 Å². The molecule has 13 heteroatoms. The van der Waals surface area contributed by atoms with Crippen molar-refractivity contribution in [1.29, 1.82) is 0 Å². The van der Waals surface area contributed by atoms with E-state index in [9.17, 15) is 9.59 Å². The Bertz CT molecular complexity index is 2160. The lowest BCUT2D eigenvalue weighted by Gasteiger charge is -2.47. The lowest BCUT2D eigenvalue weighted by Crippen LogP contribution is -2.48. The zero-order valence-corrected chi connectivity index (χ0v) is 34.3. The topological polar surface area (TPSA) is 173 Å². The van der Waals surface area contributed by atoms with E-state index in [1.807, 2.05) is 24.0 Å². The van der Waals surface area contributed by atoms with Gasteiger partial charge in [0.15, 0.2) is 0 Å². The van der Waals surface area contributed by atoms with Crippen LogP contribution in [0.5, 0.6) is 0 Å². The zero-order valence-electron chi connectivity index (χ0n) is 34.3. The number of Topliss-reactive ketones (excluding diaryl/α,β-unsaturated/α-hetero) is 1. The highest BCUT2D eigenvalue weighted by Crippen LogP contribution is 2.42. The van der Waals surface area contributed by atoms with Crippen LogP contribution in [-0.4, -0.2) is 85.8 Å². The molecule has 0 saturated carbocycles. The Hall–Kier alpha value is -6.08. The highest BCUT2D eigenvalue weighted by molar-refractivity contribution is 5.75. The van der Waals surface area contributed by atoms with Crippen molar-refractivity contribution >= 4 is 35.0 Å². The van der Waals surface area contributed by atoms with Crippen LogP contribution in [0.4, 0.5) is 23.3 Å². The number of aromatic nitrogens is 6. The standard InChI is InChI=1S/C24H30N6O.C21H25N5O/c1-3-21-20(6-4-19-5-7-22(25)26-16-19)23(28-17-27-21)30-14-10-24(11-15-30)8-12-29(13-9-24)18(2)31;1-15(27)3-4-17-9-11-26(12-10-17)21-19(16(2)24-14-25-21)7-5-18-6-8-20(22)23-13-18/h5,7,16-17H,3,8-15H2,1-2H3,(H2,25,26);6,8,13-14,17H,3-4,9-12H2,1-2H3,(H2,22,23). The van der Waals surface area contributed by atoms with Gasteiger partial charge in [0.25, 0.3) is 0 Å². The lowest BCUT2D eigenvalue weighted by molar-refractivity contribution is -0.131. The number of likely N-dealkylation sites (tertiary alicyclic amines) is 1. The maximum Gasteiger partial charge on any atom is 0.219 e. The molecule has 1 amide bonds. The number of nitrogens with zero attached hydrogens (tertiary/aromatic N) is 9. The van der Waals surface area contributed by atoms with E-state index in [1.54, 1.807) is 51.0 Å². The molecule has 3 fully saturated rings. The average Bonchev–Trinajstić information content (AvgIpc) is 3.23. The van der Waals surface area contributed by atoms with E-state index < -0.39 is 0 Å². The van der Waals surface area contributed by atoms with Crippen molar-refractivity contribution in [2.24, 2.45) is 11.3 Å². The first-order chi connectivity index (χ1) is 28.0. The molecule has 7 heterocycles. The monoisotopic (exact) mass is 781 g/mol. The summed E-state index contributed by atoms with van der Waals surface area (Å²) in [6.07, 6.45) is 15.7. The summed E-state index contributed by atoms with van der Waals surface area (Å²) in [5, 5.41) is 0. The van der Waals surface area contributed by atoms with Gasteiger partial charge in [-0.3, -0.25) is 4.79 Å². The number of ketones is 1. The van der Waals surface area contributed by atoms with E-state index in [0.717, 1.165) is 136 Å². The van der Waals surface area contributed by atoms with Crippen molar-refractivity contribution in [3.8, 4) is 23.7 Å². The molecular formula is C45H55N11O2. The van der Waals surface area contributed by atoms with Crippen LogP contribution < -0.4 is 21.3 Å². The van der Waals surface area contributed by atoms with Crippen molar-refractivity contribution < 1.29 is 9.59 Å². The Labute approximate surface area is 342 Å². The van der Waals surface area contributed by atoms with Gasteiger partial charge in [0.1, 0.15) is 41.7 Å². The summed E-state index contributed by atoms with van der Waals surface area (Å²) in [5.74, 6) is 16.7. The molecule has 3 aliphatic rings. The summed E-state index contributed by atoms with van der Waals surface area (Å²) in [5.41, 5.74) is 16.9. The molecule has 0 aliphatic carbocycles. The SMILES string of the molecule is CC(=O)CCC1CCN(c2ncnc(C)c2C#Cc2ccc(N)nc2)CC1.CCc1ncnc(N2CCC3(CCN(C(C)=O)CC3)CC2)c1C#Cc1ccc(N)nc1. The maximum atomic E-state index is 11.7. The van der Waals surface area contributed by atoms with Crippen LogP contribution in [0.15, 0.2) is 49.3 Å². The number of rotatable bonds is 6. The van der Waals surface area contributed by atoms with Gasteiger partial charge in [-0.1, -0.05) is 30.6 Å². The van der Waals surface area contributed by atoms with Gasteiger partial charge in [0.2, 0.25) is 5.91 Å². The summed E-state index contributed by atoms with van der Waals surface area (Å²) in [6.45, 7) is 12.9. The molecule has 302 valence electrons. The first-order valence-corrected chi connectivity index (χ1v) is 20.4. The fraction of sp³-hybridized carbons (Fsp3) is 0.467. The third kappa shape index (κ3) is 10.9. The van der Waals surface area contributed by atoms with Crippen LogP contribution >= 0.6 is 0 Å². The largest absolute Gasteiger partial charge is 0.384 e. The molecule has 58 heavy (non-hydrogen) atoms. The Balaban J connectivity index is 0.000000198. The predicted molar refractivity (Wildman–Crippen MR) is 228 cm³/mol. The third-order valence-electron chi connectivity index (χ3n) is 11.7. The van der Waals surface area contributed by atoms with Crippen molar-refractivity contribution in [2.75, 3.05) is 60.5 Å². The van der Waals surface area contributed by atoms with Gasteiger partial charge < -0.3 is 31.0 Å². The number of hydrogen-bond acceptors (Lipinski definition) is 12. The molecule has 3 aliphatic heterocycles. The molecule has 0 bridgehead atoms. The molecule has 4 aromatic heterocycles. The van der Waals surface area contributed by atoms with Gasteiger partial charge in [-0.2, -0.15) is 0 Å². The predicted octanol–water partition coefficient (Wildman–Crippen LogP) is 5.39. The van der Waals surface area contributed by atoms with Gasteiger partial charge in [-0.25, -0.2) is 29.9 Å². The second-order valence-corrected chi connectivity index (χ2v) is 15.6. The number of carbonyl (C=O) groups is 2. The number of anilines is 4. The molecular weight excluding hydrogens is 727 g/mol. The van der Waals surface area contributed by atoms with Crippen molar-refractivity contribution in [2.45, 2.75) is 85.5 Å². The number of carbonyl (C=O) groups excluding carboxylic acids is 2. The highest BCUT2D eigenvalue weighted by atomic mass is 16.2. The van der Waals surface area contributed by atoms with Crippen LogP contribution in [0, 0.1) is 41.9 Å². The van der Waals surface area contributed by atoms with E-state index in [1.165, 1.54) is 0 Å². The van der Waals surface area contributed by atoms with Crippen LogP contribution in [0.1, 0.15) is 106 Å². The second kappa shape index (κ2) is 19.4. The summed E-state index contributed by atoms with van der Waals surface area (Å²) in [7, 11) is 0. The summed E-state index contributed by atoms with van der Waals surface area (Å²) >= 11 is 0. The number of nitrogen functional groups attached to an aromatic ring is 2. The Morgan fingerprint density at radius 3 is 1.78 bits per heavy atom. The van der Waals surface area contributed by atoms with Crippen molar-refractivity contribution in [3.63, 3.8) is 0 Å². The van der Waals surface area contributed by atoms with E-state index in [2.05, 4.69) is 70.3 Å². The zero-order chi connectivity index (χ0) is 41.1. The number of aryl methyl sites for hydroxylation is 2. The van der Waals surface area contributed by atoms with Crippen molar-refractivity contribution in [1.82, 2.24) is 34.8 Å². The molecule has 0 unspecified atom stereocenters. The van der Waals surface area contributed by atoms with E-state index >= 15 is 0 Å². The number of piperidine rings is 3. The fourth-order valence-electron chi connectivity index (χ4n) is 7.95. The molecule has 13 nitrogen and oxygen atoms in total. The van der Waals surface area contributed by atoms with Gasteiger partial charge in [-0.15, -0.1) is 0 Å². The number of amides is 1. The van der Waals surface area contributed by atoms with Gasteiger partial charge in [-0.05, 0) is 101 Å². The maximum absolute atomic E-state index is 11.7. The molecule has 0 atom stereocenters. The van der Waals surface area contributed by atoms with Gasteiger partial charge in [0.05, 0.1) is 22.5 Å². The van der Waals surface area contributed by atoms with E-state index in [-0.39, 0.29) is 11.7 Å². The van der Waals surface area contributed by atoms with Crippen molar-refractivity contribution in [3.05, 3.63) is 83.0 Å².